The molecule has 0 radical (unpaired) electrons. The smallest absolute Gasteiger partial charge is 0.0588 e. The molecule has 0 aliphatic rings. The van der Waals surface area contributed by atoms with Gasteiger partial charge in [0.05, 0.1) is 10.1 Å². The molecule has 3 heteroatoms. The summed E-state index contributed by atoms with van der Waals surface area (Å²) in [5.41, 5.74) is 5.44. The van der Waals surface area contributed by atoms with Gasteiger partial charge in [-0.2, -0.15) is 0 Å². The van der Waals surface area contributed by atoms with E-state index in [0.29, 0.717) is 16.0 Å². The van der Waals surface area contributed by atoms with Crippen molar-refractivity contribution in [1.29, 1.82) is 0 Å². The van der Waals surface area contributed by atoms with Gasteiger partial charge in [0.1, 0.15) is 0 Å². The third kappa shape index (κ3) is 6.25. The van der Waals surface area contributed by atoms with Crippen LogP contribution >= 0.6 is 23.2 Å². The monoisotopic (exact) mass is 233 g/mol. The first-order valence-corrected chi connectivity index (χ1v) is 5.41. The van der Waals surface area contributed by atoms with E-state index in [-0.39, 0.29) is 0 Å². The molecule has 0 aromatic carbocycles. The Hall–Kier alpha value is -0.240. The second kappa shape index (κ2) is 8.10. The molecular formula is C11H17Cl2N. The topological polar surface area (TPSA) is 26.0 Å². The van der Waals surface area contributed by atoms with Crippen LogP contribution in [0.5, 0.6) is 0 Å². The molecule has 1 atom stereocenters. The van der Waals surface area contributed by atoms with Crippen molar-refractivity contribution in [2.45, 2.75) is 19.8 Å². The average molecular weight is 234 g/mol. The first-order valence-electron chi connectivity index (χ1n) is 4.66. The van der Waals surface area contributed by atoms with Crippen LogP contribution in [0.1, 0.15) is 19.8 Å². The van der Waals surface area contributed by atoms with Gasteiger partial charge in [-0.25, -0.2) is 0 Å². The van der Waals surface area contributed by atoms with Crippen molar-refractivity contribution in [2.24, 2.45) is 11.7 Å². The quantitative estimate of drug-likeness (QED) is 0.695. The average Bonchev–Trinajstić information content (AvgIpc) is 2.16. The highest BCUT2D eigenvalue weighted by Crippen LogP contribution is 2.17. The lowest BCUT2D eigenvalue weighted by Gasteiger charge is -2.04. The van der Waals surface area contributed by atoms with E-state index in [1.54, 1.807) is 6.08 Å². The minimum absolute atomic E-state index is 0.481. The second-order valence-electron chi connectivity index (χ2n) is 3.22. The molecule has 0 aromatic heterocycles. The molecule has 0 aliphatic heterocycles. The molecule has 0 saturated carbocycles. The van der Waals surface area contributed by atoms with E-state index < -0.39 is 0 Å². The van der Waals surface area contributed by atoms with Gasteiger partial charge in [-0.05, 0) is 37.5 Å². The molecular weight excluding hydrogens is 217 g/mol. The summed E-state index contributed by atoms with van der Waals surface area (Å²) in [4.78, 5) is 0. The molecule has 0 heterocycles. The number of nitrogens with two attached hydrogens (primary N) is 1. The molecule has 0 aromatic rings. The van der Waals surface area contributed by atoms with E-state index in [0.717, 1.165) is 19.4 Å². The minimum Gasteiger partial charge on any atom is -0.330 e. The van der Waals surface area contributed by atoms with Crippen LogP contribution in [0, 0.1) is 5.92 Å². The van der Waals surface area contributed by atoms with Crippen molar-refractivity contribution in [1.82, 2.24) is 0 Å². The molecule has 0 spiro atoms. The number of hydrogen-bond acceptors (Lipinski definition) is 1. The van der Waals surface area contributed by atoms with E-state index in [1.165, 1.54) is 6.08 Å². The van der Waals surface area contributed by atoms with Crippen molar-refractivity contribution in [3.63, 3.8) is 0 Å². The summed E-state index contributed by atoms with van der Waals surface area (Å²) in [7, 11) is 0. The fourth-order valence-electron chi connectivity index (χ4n) is 0.983. The van der Waals surface area contributed by atoms with Crippen molar-refractivity contribution in [3.05, 3.63) is 34.9 Å². The summed E-state index contributed by atoms with van der Waals surface area (Å²) in [6.07, 6.45) is 7.33. The van der Waals surface area contributed by atoms with Crippen LogP contribution in [0.2, 0.25) is 0 Å². The Morgan fingerprint density at radius 3 is 2.57 bits per heavy atom. The second-order valence-corrected chi connectivity index (χ2v) is 4.03. The Bertz CT molecular complexity index is 231. The lowest BCUT2D eigenvalue weighted by molar-refractivity contribution is 0.549. The molecule has 0 bridgehead atoms. The zero-order valence-electron chi connectivity index (χ0n) is 8.47. The molecule has 1 nitrogen and oxygen atoms in total. The highest BCUT2D eigenvalue weighted by molar-refractivity contribution is 6.41. The van der Waals surface area contributed by atoms with Gasteiger partial charge in [0, 0.05) is 0 Å². The van der Waals surface area contributed by atoms with Gasteiger partial charge >= 0.3 is 0 Å². The van der Waals surface area contributed by atoms with E-state index in [2.05, 4.69) is 13.5 Å². The zero-order valence-corrected chi connectivity index (χ0v) is 9.98. The number of hydrogen-bond donors (Lipinski definition) is 1. The van der Waals surface area contributed by atoms with Crippen LogP contribution in [-0.2, 0) is 0 Å². The summed E-state index contributed by atoms with van der Waals surface area (Å²) in [5, 5.41) is 1.01. The van der Waals surface area contributed by atoms with Crippen molar-refractivity contribution >= 4 is 23.2 Å². The predicted molar refractivity (Wildman–Crippen MR) is 65.5 cm³/mol. The summed E-state index contributed by atoms with van der Waals surface area (Å²) in [6, 6.07) is 0. The summed E-state index contributed by atoms with van der Waals surface area (Å²) in [6.45, 7) is 6.41. The maximum absolute atomic E-state index is 5.86. The zero-order chi connectivity index (χ0) is 11.0. The molecule has 2 N–H and O–H groups in total. The Balaban J connectivity index is 4.00. The van der Waals surface area contributed by atoms with Crippen LogP contribution in [0.25, 0.3) is 0 Å². The Morgan fingerprint density at radius 1 is 1.43 bits per heavy atom. The van der Waals surface area contributed by atoms with Gasteiger partial charge in [-0.1, -0.05) is 42.8 Å². The van der Waals surface area contributed by atoms with Gasteiger partial charge in [0.25, 0.3) is 0 Å². The van der Waals surface area contributed by atoms with Crippen LogP contribution < -0.4 is 5.73 Å². The highest BCUT2D eigenvalue weighted by atomic mass is 35.5. The van der Waals surface area contributed by atoms with E-state index >= 15 is 0 Å². The van der Waals surface area contributed by atoms with E-state index in [1.807, 2.05) is 6.08 Å². The summed E-state index contributed by atoms with van der Waals surface area (Å²) < 4.78 is 0. The molecule has 0 rings (SSSR count). The number of rotatable bonds is 6. The fraction of sp³-hybridized carbons (Fsp3) is 0.455. The molecule has 0 fully saturated rings. The normalized spacial score (nSPS) is 15.4. The Labute approximate surface area is 96.3 Å². The summed E-state index contributed by atoms with van der Waals surface area (Å²) in [5.74, 6) is 0.586. The third-order valence-corrected chi connectivity index (χ3v) is 2.65. The van der Waals surface area contributed by atoms with Crippen LogP contribution in [0.15, 0.2) is 34.9 Å². The van der Waals surface area contributed by atoms with Crippen molar-refractivity contribution in [2.75, 3.05) is 6.54 Å². The lowest BCUT2D eigenvalue weighted by atomic mass is 10.0. The van der Waals surface area contributed by atoms with Crippen molar-refractivity contribution < 1.29 is 0 Å². The largest absolute Gasteiger partial charge is 0.330 e. The molecule has 0 amide bonds. The van der Waals surface area contributed by atoms with Crippen LogP contribution in [-0.4, -0.2) is 6.54 Å². The van der Waals surface area contributed by atoms with E-state index in [4.69, 9.17) is 28.9 Å². The summed E-state index contributed by atoms with van der Waals surface area (Å²) >= 11 is 11.6. The van der Waals surface area contributed by atoms with Gasteiger partial charge in [0.15, 0.2) is 0 Å². The minimum atomic E-state index is 0.481. The first kappa shape index (κ1) is 13.8. The molecule has 14 heavy (non-hydrogen) atoms. The maximum Gasteiger partial charge on any atom is 0.0588 e. The van der Waals surface area contributed by atoms with Crippen molar-refractivity contribution in [3.8, 4) is 0 Å². The first-order chi connectivity index (χ1) is 6.61. The standard InChI is InChI=1S/C11H17Cl2N/c1-3-10(12)11(13)6-4-5-9(2)7-8-14/h3-4,6,9H,1,5,7-8,14H2,2H3/b6-4-,11-10-. The van der Waals surface area contributed by atoms with E-state index in [9.17, 15) is 0 Å². The van der Waals surface area contributed by atoms with Crippen LogP contribution in [0.3, 0.4) is 0 Å². The van der Waals surface area contributed by atoms with Gasteiger partial charge in [-0.3, -0.25) is 0 Å². The highest BCUT2D eigenvalue weighted by Gasteiger charge is 1.97. The predicted octanol–water partition coefficient (Wildman–Crippen LogP) is 3.79. The Morgan fingerprint density at radius 2 is 2.07 bits per heavy atom. The van der Waals surface area contributed by atoms with Gasteiger partial charge in [-0.15, -0.1) is 0 Å². The maximum atomic E-state index is 5.86. The van der Waals surface area contributed by atoms with Gasteiger partial charge in [0.2, 0.25) is 0 Å². The molecule has 0 saturated heterocycles. The fourth-order valence-corrected chi connectivity index (χ4v) is 1.21. The Kier molecular flexibility index (Phi) is 7.96. The molecule has 0 aliphatic carbocycles. The lowest BCUT2D eigenvalue weighted by Crippen LogP contribution is -2.04. The third-order valence-electron chi connectivity index (χ3n) is 1.87. The number of allylic oxidation sites excluding steroid dienone is 5. The molecule has 1 unspecified atom stereocenters. The number of halogens is 2. The van der Waals surface area contributed by atoms with Crippen LogP contribution in [0.4, 0.5) is 0 Å². The van der Waals surface area contributed by atoms with Gasteiger partial charge < -0.3 is 5.73 Å². The molecule has 80 valence electrons. The SMILES string of the molecule is C=C/C(Cl)=C(Cl)\C=C/CC(C)CCN.